The molecule has 114 valence electrons. The average Bonchev–Trinajstić information content (AvgIpc) is 3.21. The van der Waals surface area contributed by atoms with E-state index in [1.807, 2.05) is 24.3 Å². The summed E-state index contributed by atoms with van der Waals surface area (Å²) in [4.78, 5) is 22.2. The van der Waals surface area contributed by atoms with E-state index in [0.717, 1.165) is 33.1 Å². The highest BCUT2D eigenvalue weighted by atomic mass is 79.9. The molecule has 1 N–H and O–H groups in total. The van der Waals surface area contributed by atoms with Crippen LogP contribution in [0.1, 0.15) is 16.9 Å². The first kappa shape index (κ1) is 13.4. The van der Waals surface area contributed by atoms with Crippen LogP contribution in [0.15, 0.2) is 33.5 Å². The topological polar surface area (TPSA) is 63.0 Å². The summed E-state index contributed by atoms with van der Waals surface area (Å²) in [6, 6.07) is 7.79. The van der Waals surface area contributed by atoms with Crippen molar-refractivity contribution >= 4 is 43.1 Å². The third kappa shape index (κ3) is 1.93. The maximum atomic E-state index is 12.3. The molecule has 3 heterocycles. The lowest BCUT2D eigenvalue weighted by Crippen LogP contribution is -2.17. The van der Waals surface area contributed by atoms with Crippen LogP contribution >= 0.6 is 27.3 Å². The highest BCUT2D eigenvalue weighted by Crippen LogP contribution is 2.37. The van der Waals surface area contributed by atoms with Crippen molar-refractivity contribution in [2.75, 3.05) is 0 Å². The molecule has 7 heteroatoms. The van der Waals surface area contributed by atoms with E-state index in [2.05, 4.69) is 31.0 Å². The van der Waals surface area contributed by atoms with Crippen molar-refractivity contribution in [1.82, 2.24) is 19.6 Å². The number of thiophene rings is 1. The third-order valence-electron chi connectivity index (χ3n) is 4.27. The van der Waals surface area contributed by atoms with Gasteiger partial charge in [0.05, 0.1) is 5.39 Å². The lowest BCUT2D eigenvalue weighted by molar-refractivity contribution is 0.884. The predicted octanol–water partition coefficient (Wildman–Crippen LogP) is 3.55. The second kappa shape index (κ2) is 4.75. The van der Waals surface area contributed by atoms with Crippen LogP contribution in [0.5, 0.6) is 0 Å². The molecule has 0 saturated heterocycles. The Morgan fingerprint density at radius 2 is 2.04 bits per heavy atom. The molecule has 0 fully saturated rings. The number of halogens is 1. The minimum absolute atomic E-state index is 0.233. The Kier molecular flexibility index (Phi) is 2.78. The van der Waals surface area contributed by atoms with Crippen LogP contribution in [-0.2, 0) is 12.8 Å². The zero-order valence-electron chi connectivity index (χ0n) is 12.0. The highest BCUT2D eigenvalue weighted by Gasteiger charge is 2.22. The number of rotatable bonds is 1. The summed E-state index contributed by atoms with van der Waals surface area (Å²) >= 11 is 5.11. The van der Waals surface area contributed by atoms with Gasteiger partial charge in [-0.05, 0) is 37.0 Å². The Labute approximate surface area is 143 Å². The molecular formula is C16H11BrN4OS. The SMILES string of the molecule is O=c1[nH]c2sc3c(c2c2nc(-c4ccc(Br)cc4)nn12)CCC3. The fraction of sp³-hybridized carbons (Fsp3) is 0.188. The van der Waals surface area contributed by atoms with Crippen LogP contribution < -0.4 is 5.69 Å². The zero-order valence-corrected chi connectivity index (χ0v) is 14.4. The molecule has 3 aromatic heterocycles. The summed E-state index contributed by atoms with van der Waals surface area (Å²) in [6.45, 7) is 0. The molecule has 5 nitrogen and oxygen atoms in total. The number of aryl methyl sites for hydroxylation is 2. The Morgan fingerprint density at radius 1 is 1.22 bits per heavy atom. The quantitative estimate of drug-likeness (QED) is 0.543. The number of aromatic amines is 1. The second-order valence-electron chi connectivity index (χ2n) is 5.67. The second-order valence-corrected chi connectivity index (χ2v) is 7.69. The van der Waals surface area contributed by atoms with Gasteiger partial charge in [0, 0.05) is 14.9 Å². The van der Waals surface area contributed by atoms with Crippen molar-refractivity contribution in [3.63, 3.8) is 0 Å². The summed E-state index contributed by atoms with van der Waals surface area (Å²) in [5.74, 6) is 0.577. The summed E-state index contributed by atoms with van der Waals surface area (Å²) in [7, 11) is 0. The average molecular weight is 387 g/mol. The highest BCUT2D eigenvalue weighted by molar-refractivity contribution is 9.10. The van der Waals surface area contributed by atoms with Gasteiger partial charge < -0.3 is 0 Å². The van der Waals surface area contributed by atoms with Crippen LogP contribution in [0.2, 0.25) is 0 Å². The van der Waals surface area contributed by atoms with E-state index in [0.29, 0.717) is 11.5 Å². The Bertz CT molecular complexity index is 1120. The number of fused-ring (bicyclic) bond motifs is 5. The largest absolute Gasteiger partial charge is 0.349 e. The van der Waals surface area contributed by atoms with Crippen LogP contribution in [0.4, 0.5) is 0 Å². The van der Waals surface area contributed by atoms with E-state index in [1.165, 1.54) is 21.4 Å². The fourth-order valence-corrected chi connectivity index (χ4v) is 4.76. The zero-order chi connectivity index (χ0) is 15.6. The van der Waals surface area contributed by atoms with Gasteiger partial charge >= 0.3 is 5.69 Å². The van der Waals surface area contributed by atoms with Crippen LogP contribution in [0.3, 0.4) is 0 Å². The molecule has 0 saturated carbocycles. The predicted molar refractivity (Wildman–Crippen MR) is 94.2 cm³/mol. The van der Waals surface area contributed by atoms with E-state index in [-0.39, 0.29) is 5.69 Å². The molecule has 5 rings (SSSR count). The number of nitrogens with one attached hydrogen (secondary N) is 1. The van der Waals surface area contributed by atoms with E-state index in [1.54, 1.807) is 11.3 Å². The van der Waals surface area contributed by atoms with Crippen molar-refractivity contribution < 1.29 is 0 Å². The third-order valence-corrected chi connectivity index (χ3v) is 6.00. The molecule has 23 heavy (non-hydrogen) atoms. The first-order valence-corrected chi connectivity index (χ1v) is 9.01. The van der Waals surface area contributed by atoms with Crippen LogP contribution in [-0.4, -0.2) is 19.6 Å². The number of hydrogen-bond donors (Lipinski definition) is 1. The molecule has 4 aromatic rings. The van der Waals surface area contributed by atoms with Crippen LogP contribution in [0, 0.1) is 0 Å². The molecule has 0 bridgehead atoms. The van der Waals surface area contributed by atoms with Crippen LogP contribution in [0.25, 0.3) is 27.3 Å². The fourth-order valence-electron chi connectivity index (χ4n) is 3.22. The minimum Gasteiger partial charge on any atom is -0.297 e. The van der Waals surface area contributed by atoms with Crippen molar-refractivity contribution in [3.05, 3.63) is 49.7 Å². The van der Waals surface area contributed by atoms with E-state index in [9.17, 15) is 4.79 Å². The minimum atomic E-state index is -0.233. The van der Waals surface area contributed by atoms with Crippen molar-refractivity contribution in [3.8, 4) is 11.4 Å². The van der Waals surface area contributed by atoms with E-state index < -0.39 is 0 Å². The number of benzene rings is 1. The van der Waals surface area contributed by atoms with Crippen molar-refractivity contribution in [1.29, 1.82) is 0 Å². The molecule has 0 aliphatic heterocycles. The molecule has 0 spiro atoms. The number of hydrogen-bond acceptors (Lipinski definition) is 4. The summed E-state index contributed by atoms with van der Waals surface area (Å²) in [5.41, 5.74) is 2.67. The van der Waals surface area contributed by atoms with Gasteiger partial charge in [0.15, 0.2) is 11.5 Å². The molecule has 1 aromatic carbocycles. The smallest absolute Gasteiger partial charge is 0.297 e. The van der Waals surface area contributed by atoms with Gasteiger partial charge in [-0.1, -0.05) is 28.1 Å². The van der Waals surface area contributed by atoms with Gasteiger partial charge in [-0.25, -0.2) is 9.78 Å². The Morgan fingerprint density at radius 3 is 2.87 bits per heavy atom. The Hall–Kier alpha value is -1.99. The summed E-state index contributed by atoms with van der Waals surface area (Å²) < 4.78 is 2.39. The van der Waals surface area contributed by atoms with Gasteiger partial charge in [0.25, 0.3) is 0 Å². The molecule has 0 unspecified atom stereocenters. The number of H-pyrrole nitrogens is 1. The first-order chi connectivity index (χ1) is 11.2. The molecule has 0 radical (unpaired) electrons. The lowest BCUT2D eigenvalue weighted by Gasteiger charge is -1.95. The first-order valence-electron chi connectivity index (χ1n) is 7.40. The maximum absolute atomic E-state index is 12.3. The maximum Gasteiger partial charge on any atom is 0.349 e. The molecule has 0 amide bonds. The van der Waals surface area contributed by atoms with Crippen molar-refractivity contribution in [2.45, 2.75) is 19.3 Å². The molecule has 1 aliphatic rings. The van der Waals surface area contributed by atoms with Gasteiger partial charge in [-0.2, -0.15) is 4.52 Å². The normalized spacial score (nSPS) is 14.0. The number of aromatic nitrogens is 4. The van der Waals surface area contributed by atoms with E-state index in [4.69, 9.17) is 0 Å². The summed E-state index contributed by atoms with van der Waals surface area (Å²) in [5, 5.41) is 5.49. The lowest BCUT2D eigenvalue weighted by atomic mass is 10.2. The molecular weight excluding hydrogens is 376 g/mol. The van der Waals surface area contributed by atoms with Gasteiger partial charge in [-0.3, -0.25) is 4.98 Å². The van der Waals surface area contributed by atoms with Gasteiger partial charge in [-0.15, -0.1) is 16.4 Å². The monoisotopic (exact) mass is 386 g/mol. The number of nitrogens with zero attached hydrogens (tertiary/aromatic N) is 3. The van der Waals surface area contributed by atoms with Gasteiger partial charge in [0.1, 0.15) is 4.83 Å². The van der Waals surface area contributed by atoms with Gasteiger partial charge in [0.2, 0.25) is 0 Å². The molecule has 0 atom stereocenters. The van der Waals surface area contributed by atoms with Crippen molar-refractivity contribution in [2.24, 2.45) is 0 Å². The Balaban J connectivity index is 1.85. The summed E-state index contributed by atoms with van der Waals surface area (Å²) in [6.07, 6.45) is 3.32. The standard InChI is InChI=1S/C16H11BrN4OS/c17-9-6-4-8(5-7-9)13-18-14-12-10-2-1-3-11(10)23-15(12)19-16(22)21(14)20-13/h4-7H,1-3H2,(H,19,22). The molecule has 1 aliphatic carbocycles. The van der Waals surface area contributed by atoms with E-state index >= 15 is 0 Å².